The Morgan fingerprint density at radius 2 is 2.00 bits per heavy atom. The SMILES string of the molecule is Cc1cc(O)nc(SSC(C)(C)C(Cl)Cl)n1. The van der Waals surface area contributed by atoms with Gasteiger partial charge in [0.1, 0.15) is 4.84 Å². The third-order valence-electron chi connectivity index (χ3n) is 1.68. The highest BCUT2D eigenvalue weighted by atomic mass is 35.5. The molecule has 0 bridgehead atoms. The number of aryl methyl sites for hydroxylation is 1. The van der Waals surface area contributed by atoms with E-state index in [-0.39, 0.29) is 10.6 Å². The molecule has 0 amide bonds. The van der Waals surface area contributed by atoms with Gasteiger partial charge in [-0.1, -0.05) is 10.8 Å². The number of rotatable bonds is 4. The van der Waals surface area contributed by atoms with Crippen LogP contribution in [0.2, 0.25) is 0 Å². The van der Waals surface area contributed by atoms with Gasteiger partial charge in [0.05, 0.1) is 4.75 Å². The molecule has 90 valence electrons. The zero-order valence-electron chi connectivity index (χ0n) is 9.07. The van der Waals surface area contributed by atoms with Crippen LogP contribution in [-0.4, -0.2) is 24.7 Å². The summed E-state index contributed by atoms with van der Waals surface area (Å²) in [5.41, 5.74) is 0.724. The summed E-state index contributed by atoms with van der Waals surface area (Å²) in [6, 6.07) is 1.51. The van der Waals surface area contributed by atoms with Gasteiger partial charge in [0.25, 0.3) is 0 Å². The molecule has 0 fully saturated rings. The molecule has 1 aromatic heterocycles. The quantitative estimate of drug-likeness (QED) is 0.520. The van der Waals surface area contributed by atoms with Crippen LogP contribution in [0.5, 0.6) is 5.88 Å². The first-order valence-electron chi connectivity index (χ1n) is 4.50. The lowest BCUT2D eigenvalue weighted by Crippen LogP contribution is -2.22. The summed E-state index contributed by atoms with van der Waals surface area (Å²) >= 11 is 11.7. The molecule has 1 aromatic rings. The van der Waals surface area contributed by atoms with Gasteiger partial charge in [-0.05, 0) is 31.6 Å². The van der Waals surface area contributed by atoms with E-state index < -0.39 is 4.84 Å². The fraction of sp³-hybridized carbons (Fsp3) is 0.556. The summed E-state index contributed by atoms with van der Waals surface area (Å²) in [4.78, 5) is 7.60. The molecule has 0 saturated heterocycles. The molecular formula is C9H12Cl2N2OS2. The Bertz CT molecular complexity index is 354. The number of nitrogens with zero attached hydrogens (tertiary/aromatic N) is 2. The highest BCUT2D eigenvalue weighted by molar-refractivity contribution is 8.77. The van der Waals surface area contributed by atoms with Gasteiger partial charge in [0.2, 0.25) is 11.0 Å². The fourth-order valence-electron chi connectivity index (χ4n) is 0.744. The maximum absolute atomic E-state index is 9.31. The largest absolute Gasteiger partial charge is 0.493 e. The Hall–Kier alpha value is 0.160. The van der Waals surface area contributed by atoms with Crippen molar-refractivity contribution in [1.82, 2.24) is 9.97 Å². The molecule has 1 heterocycles. The fourth-order valence-corrected chi connectivity index (χ4v) is 3.38. The third-order valence-corrected chi connectivity index (χ3v) is 6.09. The van der Waals surface area contributed by atoms with E-state index in [1.165, 1.54) is 27.7 Å². The van der Waals surface area contributed by atoms with Crippen LogP contribution in [0.4, 0.5) is 0 Å². The van der Waals surface area contributed by atoms with Gasteiger partial charge < -0.3 is 5.11 Å². The van der Waals surface area contributed by atoms with E-state index in [2.05, 4.69) is 9.97 Å². The van der Waals surface area contributed by atoms with Gasteiger partial charge >= 0.3 is 0 Å². The van der Waals surface area contributed by atoms with Crippen molar-refractivity contribution in [3.8, 4) is 5.88 Å². The minimum absolute atomic E-state index is 0.0262. The molecule has 0 aliphatic rings. The Balaban J connectivity index is 2.68. The molecule has 0 atom stereocenters. The Morgan fingerprint density at radius 1 is 1.38 bits per heavy atom. The van der Waals surface area contributed by atoms with Crippen LogP contribution in [0, 0.1) is 6.92 Å². The minimum atomic E-state index is -0.483. The number of hydrogen-bond donors (Lipinski definition) is 1. The molecule has 16 heavy (non-hydrogen) atoms. The average molecular weight is 299 g/mol. The van der Waals surface area contributed by atoms with E-state index in [0.29, 0.717) is 5.16 Å². The zero-order valence-corrected chi connectivity index (χ0v) is 12.2. The molecule has 1 rings (SSSR count). The van der Waals surface area contributed by atoms with Crippen LogP contribution in [0.3, 0.4) is 0 Å². The van der Waals surface area contributed by atoms with Crippen molar-refractivity contribution < 1.29 is 5.11 Å². The molecule has 0 aliphatic carbocycles. The van der Waals surface area contributed by atoms with Gasteiger partial charge in [-0.15, -0.1) is 23.2 Å². The van der Waals surface area contributed by atoms with Crippen LogP contribution in [0.25, 0.3) is 0 Å². The first-order valence-corrected chi connectivity index (χ1v) is 7.52. The maximum Gasteiger partial charge on any atom is 0.215 e. The number of aromatic nitrogens is 2. The molecule has 3 nitrogen and oxygen atoms in total. The molecule has 0 spiro atoms. The zero-order chi connectivity index (χ0) is 12.3. The van der Waals surface area contributed by atoms with Crippen LogP contribution in [0.15, 0.2) is 11.2 Å². The van der Waals surface area contributed by atoms with Gasteiger partial charge in [-0.2, -0.15) is 4.98 Å². The predicted octanol–water partition coefficient (Wildman–Crippen LogP) is 3.81. The lowest BCUT2D eigenvalue weighted by molar-refractivity contribution is 0.444. The Kier molecular flexibility index (Phi) is 5.04. The second kappa shape index (κ2) is 5.67. The highest BCUT2D eigenvalue weighted by Crippen LogP contribution is 2.44. The van der Waals surface area contributed by atoms with Crippen LogP contribution < -0.4 is 0 Å². The van der Waals surface area contributed by atoms with E-state index in [0.717, 1.165) is 5.69 Å². The first-order chi connectivity index (χ1) is 7.31. The number of alkyl halides is 2. The van der Waals surface area contributed by atoms with E-state index in [9.17, 15) is 5.11 Å². The van der Waals surface area contributed by atoms with Crippen LogP contribution in [-0.2, 0) is 0 Å². The summed E-state index contributed by atoms with van der Waals surface area (Å²) in [5, 5.41) is 9.81. The minimum Gasteiger partial charge on any atom is -0.493 e. The monoisotopic (exact) mass is 298 g/mol. The van der Waals surface area contributed by atoms with Crippen molar-refractivity contribution in [2.24, 2.45) is 0 Å². The Labute approximate surface area is 113 Å². The van der Waals surface area contributed by atoms with Gasteiger partial charge in [0, 0.05) is 11.8 Å². The standard InChI is InChI=1S/C9H12Cl2N2OS2/c1-5-4-6(14)13-8(12-5)15-16-9(2,3)7(10)11/h4,7H,1-3H3,(H,12,13,14). The summed E-state index contributed by atoms with van der Waals surface area (Å²) in [6.07, 6.45) is 0. The molecule has 1 N–H and O–H groups in total. The lowest BCUT2D eigenvalue weighted by atomic mass is 10.2. The second-order valence-electron chi connectivity index (χ2n) is 3.72. The lowest BCUT2D eigenvalue weighted by Gasteiger charge is -2.23. The van der Waals surface area contributed by atoms with Crippen molar-refractivity contribution in [2.45, 2.75) is 35.5 Å². The van der Waals surface area contributed by atoms with E-state index in [1.54, 1.807) is 6.92 Å². The molecule has 0 aromatic carbocycles. The van der Waals surface area contributed by atoms with E-state index >= 15 is 0 Å². The molecule has 7 heteroatoms. The summed E-state index contributed by atoms with van der Waals surface area (Å²) in [5.74, 6) is -0.0262. The van der Waals surface area contributed by atoms with Gasteiger partial charge in [-0.25, -0.2) is 4.98 Å². The maximum atomic E-state index is 9.31. The normalized spacial score (nSPS) is 12.1. The molecular weight excluding hydrogens is 287 g/mol. The van der Waals surface area contributed by atoms with E-state index in [4.69, 9.17) is 23.2 Å². The summed E-state index contributed by atoms with van der Waals surface area (Å²) < 4.78 is -0.309. The molecule has 0 unspecified atom stereocenters. The van der Waals surface area contributed by atoms with Gasteiger partial charge in [-0.3, -0.25) is 0 Å². The van der Waals surface area contributed by atoms with Gasteiger partial charge in [0.15, 0.2) is 0 Å². The van der Waals surface area contributed by atoms with Crippen molar-refractivity contribution in [3.63, 3.8) is 0 Å². The molecule has 0 radical (unpaired) electrons. The predicted molar refractivity (Wildman–Crippen MR) is 71.5 cm³/mol. The third kappa shape index (κ3) is 4.20. The molecule has 0 aliphatic heterocycles. The average Bonchev–Trinajstić information content (AvgIpc) is 2.13. The van der Waals surface area contributed by atoms with Crippen molar-refractivity contribution >= 4 is 44.8 Å². The van der Waals surface area contributed by atoms with Crippen LogP contribution >= 0.6 is 44.8 Å². The Morgan fingerprint density at radius 3 is 2.50 bits per heavy atom. The topological polar surface area (TPSA) is 46.0 Å². The number of halogens is 2. The molecule has 0 saturated carbocycles. The number of hydrogen-bond acceptors (Lipinski definition) is 5. The van der Waals surface area contributed by atoms with Crippen LogP contribution in [0.1, 0.15) is 19.5 Å². The number of aromatic hydroxyl groups is 1. The first kappa shape index (κ1) is 14.2. The summed E-state index contributed by atoms with van der Waals surface area (Å²) in [7, 11) is 2.82. The van der Waals surface area contributed by atoms with Crippen molar-refractivity contribution in [1.29, 1.82) is 0 Å². The summed E-state index contributed by atoms with van der Waals surface area (Å²) in [6.45, 7) is 5.67. The van der Waals surface area contributed by atoms with E-state index in [1.807, 2.05) is 13.8 Å². The van der Waals surface area contributed by atoms with Crippen molar-refractivity contribution in [3.05, 3.63) is 11.8 Å². The smallest absolute Gasteiger partial charge is 0.215 e. The second-order valence-corrected chi connectivity index (χ2v) is 7.57. The van der Waals surface area contributed by atoms with Crippen molar-refractivity contribution in [2.75, 3.05) is 0 Å². The highest BCUT2D eigenvalue weighted by Gasteiger charge is 2.28.